The average Bonchev–Trinajstić information content (AvgIpc) is 1.86. The third-order valence-electron chi connectivity index (χ3n) is 14.9. The van der Waals surface area contributed by atoms with Crippen molar-refractivity contribution in [3.63, 3.8) is 0 Å². The highest BCUT2D eigenvalue weighted by Gasteiger charge is 2.27. The van der Waals surface area contributed by atoms with Gasteiger partial charge in [-0.1, -0.05) is 97.9 Å². The number of ether oxygens (including phenoxy) is 2. The number of amides is 10. The number of nitrogens with one attached hydrogen (secondary N) is 7. The molecule has 27 nitrogen and oxygen atoms in total. The summed E-state index contributed by atoms with van der Waals surface area (Å²) in [6, 6.07) is -4.19. The Hall–Kier alpha value is -4.94. The van der Waals surface area contributed by atoms with Gasteiger partial charge in [0.25, 0.3) is 0 Å². The molecular weight excluding hydrogens is 1740 g/mol. The van der Waals surface area contributed by atoms with E-state index in [1.165, 1.54) is 37.4 Å². The minimum Gasteiger partial charge on any atom is -0.480 e. The first-order valence-corrected chi connectivity index (χ1v) is 43.4. The molecule has 7 atom stereocenters. The van der Waals surface area contributed by atoms with Gasteiger partial charge in [-0.3, -0.25) is 19.6 Å². The number of aliphatic hydroxyl groups is 1. The number of aliphatic carboxylic acids is 1. The zero-order chi connectivity index (χ0) is 73.4. The van der Waals surface area contributed by atoms with Gasteiger partial charge in [-0.2, -0.15) is 0 Å². The number of nitrogens with zero attached hydrogens (tertiary/aromatic N) is 8. The highest BCUT2D eigenvalue weighted by molar-refractivity contribution is 15.0. The molecule has 0 fully saturated rings. The number of carbonyl (C=O) groups excluding carboxylic acids is 7. The Morgan fingerprint density at radius 1 is 0.465 bits per heavy atom. The van der Waals surface area contributed by atoms with Crippen LogP contribution in [0, 0.1) is 0 Å². The van der Waals surface area contributed by atoms with Crippen molar-refractivity contribution in [3.8, 4) is 0 Å². The van der Waals surface area contributed by atoms with Crippen LogP contribution in [-0.4, -0.2) is 168 Å². The highest BCUT2D eigenvalue weighted by atomic mass is 128. The standard InChI is InChI=1S/C26H42N6O4S2.C25H40N6O5S2.C13H21N3O3S.2CH4.I2.HI/c1-7-18(10-11-19(8-2)30-26(35)36-14-21-12-27-16-38-21)28-23(33)22(9-3)31-25(34)32(6)13-20-15-37-24(29-20)17(4)5;1-6-17(8-9-18(7-2)29-25(35)36-13-20-10-26-15-38-20)27-22(33)21(12-32)30-24(34)31(5)11-19-14-37-23(28-19)16(3)4;1-5-10(12(17)18)15-13(19)16(4)6-9-7-20-11(14-9)8(2)3;;;1-2;/h12,15-19,22H,7-11,13-14H2,1-6H3,(H,28,33)(H,30,35)(H,31,34);10,14-18,21,32H,6-9,11-13H2,1-5H3,(H,27,33)(H,29,35)(H,30,34);7-8,10H,5-6H2,1-4H3,(H,15,19)(H,17,18);2*1H4;;1H/t18-,19-,22-;17-,18-,21-;10-;;;;/m000..../s1. The molecule has 101 heavy (non-hydrogen) atoms. The van der Waals surface area contributed by atoms with Crippen molar-refractivity contribution >= 4 is 166 Å². The van der Waals surface area contributed by atoms with Gasteiger partial charge >= 0.3 is 36.2 Å². The molecule has 10 amide bonds. The van der Waals surface area contributed by atoms with Crippen molar-refractivity contribution in [2.75, 3.05) is 27.7 Å². The molecule has 0 saturated heterocycles. The normalized spacial score (nSPS) is 12.6. The number of carbonyl (C=O) groups is 8. The third kappa shape index (κ3) is 38.6. The fourth-order valence-electron chi connectivity index (χ4n) is 8.83. The second-order valence-corrected chi connectivity index (χ2v) is 28.5. The van der Waals surface area contributed by atoms with E-state index in [1.54, 1.807) is 85.5 Å². The molecule has 574 valence electrons. The quantitative estimate of drug-likeness (QED) is 0.0168. The minimum absolute atomic E-state index is 0. The number of alkyl carbamates (subject to hydrolysis) is 2. The van der Waals surface area contributed by atoms with E-state index in [-0.39, 0.29) is 88.1 Å². The Balaban J connectivity index is 0. The summed E-state index contributed by atoms with van der Waals surface area (Å²) < 4.78 is 10.5. The third-order valence-corrected chi connectivity index (χ3v) is 20.0. The number of aliphatic hydroxyl groups excluding tert-OH is 1. The molecule has 0 aliphatic rings. The van der Waals surface area contributed by atoms with Crippen LogP contribution >= 0.6 is 118 Å². The van der Waals surface area contributed by atoms with Gasteiger partial charge in [0.05, 0.1) is 79.1 Å². The van der Waals surface area contributed by atoms with Gasteiger partial charge in [0.15, 0.2) is 0 Å². The van der Waals surface area contributed by atoms with Crippen molar-refractivity contribution in [2.24, 2.45) is 0 Å². The molecule has 0 bridgehead atoms. The first-order chi connectivity index (χ1) is 46.7. The summed E-state index contributed by atoms with van der Waals surface area (Å²) in [5.41, 5.74) is 5.81. The maximum absolute atomic E-state index is 13.0. The van der Waals surface area contributed by atoms with E-state index < -0.39 is 60.9 Å². The van der Waals surface area contributed by atoms with E-state index in [0.717, 1.165) is 54.7 Å². The summed E-state index contributed by atoms with van der Waals surface area (Å²) in [5.74, 6) is -0.662. The van der Waals surface area contributed by atoms with Crippen LogP contribution in [0.3, 0.4) is 0 Å². The van der Waals surface area contributed by atoms with E-state index in [4.69, 9.17) is 14.6 Å². The van der Waals surface area contributed by atoms with E-state index >= 15 is 0 Å². The zero-order valence-electron chi connectivity index (χ0n) is 59.4. The predicted octanol–water partition coefficient (Wildman–Crippen LogP) is 14.6. The summed E-state index contributed by atoms with van der Waals surface area (Å²) >= 11 is 11.8. The van der Waals surface area contributed by atoms with E-state index in [9.17, 15) is 43.5 Å². The van der Waals surface area contributed by atoms with Crippen LogP contribution in [-0.2, 0) is 56.7 Å². The number of halogens is 3. The number of rotatable bonds is 36. The summed E-state index contributed by atoms with van der Waals surface area (Å²) in [6.07, 6.45) is 8.71. The largest absolute Gasteiger partial charge is 0.480 e. The highest BCUT2D eigenvalue weighted by Crippen LogP contribution is 2.23. The van der Waals surface area contributed by atoms with Crippen LogP contribution in [0.4, 0.5) is 24.0 Å². The summed E-state index contributed by atoms with van der Waals surface area (Å²) in [6.45, 7) is 24.8. The molecule has 9 N–H and O–H groups in total. The molecule has 35 heteroatoms. The van der Waals surface area contributed by atoms with Crippen LogP contribution in [0.15, 0.2) is 39.6 Å². The number of hydrogen-bond acceptors (Lipinski definition) is 21. The Morgan fingerprint density at radius 3 is 1.02 bits per heavy atom. The molecule has 5 heterocycles. The predicted molar refractivity (Wildman–Crippen MR) is 434 cm³/mol. The number of thiazole rings is 5. The van der Waals surface area contributed by atoms with Crippen LogP contribution < -0.4 is 37.2 Å². The number of aromatic nitrogens is 5. The second-order valence-electron chi connectivity index (χ2n) is 23.9. The summed E-state index contributed by atoms with van der Waals surface area (Å²) in [5, 5.41) is 47.2. The van der Waals surface area contributed by atoms with Gasteiger partial charge in [0, 0.05) is 129 Å². The Bertz CT molecular complexity index is 2950. The SMILES string of the molecule is C.C.CC[C@@H](CC[C@H](CC)NC(=O)[C@H](CC)NC(=O)N(C)Cc1csc(C(C)C)n1)NC(=O)OCc1cncs1.CC[C@@H](CC[C@H](CC)NC(=O)[C@H](CO)NC(=O)N(C)Cc1csc(C(C)C)n1)NC(=O)OCc1cncs1.CC[C@H](NC(=O)N(C)Cc1csc(C(C)C)n1)C(=O)O.I.II. The van der Waals surface area contributed by atoms with Crippen molar-refractivity contribution in [1.82, 2.24) is 76.8 Å². The fraction of sp³-hybridized carbons (Fsp3) is 0.652. The van der Waals surface area contributed by atoms with Crippen molar-refractivity contribution in [1.29, 1.82) is 0 Å². The van der Waals surface area contributed by atoms with E-state index in [2.05, 4.69) is 141 Å². The smallest absolute Gasteiger partial charge is 0.407 e. The molecule has 0 aliphatic carbocycles. The molecule has 0 saturated carbocycles. The molecule has 0 aliphatic heterocycles. The van der Waals surface area contributed by atoms with Crippen molar-refractivity contribution < 1.29 is 58.0 Å². The molecule has 0 spiro atoms. The van der Waals surface area contributed by atoms with Crippen LogP contribution in [0.2, 0.25) is 0 Å². The minimum atomic E-state index is -1.08. The van der Waals surface area contributed by atoms with Crippen molar-refractivity contribution in [2.45, 2.75) is 255 Å². The lowest BCUT2D eigenvalue weighted by Crippen LogP contribution is -2.53. The number of carboxylic acids is 1. The molecule has 0 unspecified atom stereocenters. The zero-order valence-corrected chi connectivity index (χ0v) is 70.1. The number of hydrogen-bond donors (Lipinski definition) is 9. The summed E-state index contributed by atoms with van der Waals surface area (Å²) in [4.78, 5) is 126. The van der Waals surface area contributed by atoms with Gasteiger partial charge in [-0.05, 0) is 64.2 Å². The molecule has 5 aromatic rings. The Kier molecular flexibility index (Phi) is 53.1. The fourth-order valence-corrected chi connectivity index (χ4v) is 12.3. The Labute approximate surface area is 659 Å². The number of urea groups is 3. The van der Waals surface area contributed by atoms with Gasteiger partial charge in [-0.25, -0.2) is 43.7 Å². The molecular formula is C66H112I3N15O12S5. The molecule has 5 rings (SSSR count). The molecule has 0 radical (unpaired) electrons. The number of carboxylic acid groups (broad SMARTS) is 1. The van der Waals surface area contributed by atoms with Crippen LogP contribution in [0.5, 0.6) is 0 Å². The topological polar surface area (TPSA) is 354 Å². The van der Waals surface area contributed by atoms with E-state index in [1.807, 2.05) is 50.8 Å². The van der Waals surface area contributed by atoms with Crippen LogP contribution in [0.25, 0.3) is 0 Å². The maximum atomic E-state index is 13.0. The lowest BCUT2D eigenvalue weighted by Gasteiger charge is -2.25. The monoisotopic (exact) mass is 1850 g/mol. The molecule has 0 aromatic carbocycles. The Morgan fingerprint density at radius 2 is 0.762 bits per heavy atom. The van der Waals surface area contributed by atoms with Gasteiger partial charge in [0.2, 0.25) is 11.8 Å². The molecule has 5 aromatic heterocycles. The van der Waals surface area contributed by atoms with E-state index in [0.29, 0.717) is 88.8 Å². The van der Waals surface area contributed by atoms with Gasteiger partial charge in [-0.15, -0.1) is 80.7 Å². The lowest BCUT2D eigenvalue weighted by molar-refractivity contribution is -0.139. The van der Waals surface area contributed by atoms with Gasteiger partial charge < -0.3 is 71.6 Å². The first-order valence-electron chi connectivity index (χ1n) is 32.7. The first kappa shape index (κ1) is 98.1. The summed E-state index contributed by atoms with van der Waals surface area (Å²) in [7, 11) is 4.94. The van der Waals surface area contributed by atoms with Gasteiger partial charge in [0.1, 0.15) is 31.3 Å². The average molecular weight is 1850 g/mol. The lowest BCUT2D eigenvalue weighted by atomic mass is 10.0. The maximum Gasteiger partial charge on any atom is 0.407 e. The van der Waals surface area contributed by atoms with Crippen LogP contribution in [0.1, 0.15) is 222 Å². The van der Waals surface area contributed by atoms with Crippen molar-refractivity contribution in [3.05, 3.63) is 81.4 Å². The second kappa shape index (κ2) is 54.6.